The van der Waals surface area contributed by atoms with E-state index in [2.05, 4.69) is 25.9 Å². The molecular weight excluding hydrogens is 370 g/mol. The van der Waals surface area contributed by atoms with Gasteiger partial charge >= 0.3 is 5.69 Å². The maximum atomic E-state index is 12.4. The number of nitrogens with zero attached hydrogens (tertiary/aromatic N) is 5. The van der Waals surface area contributed by atoms with Crippen molar-refractivity contribution in [2.45, 2.75) is 6.54 Å². The standard InChI is InChI=1S/C16H13N7O3S/c24-14-11-5-2-1-4-10(11)13(18-19-14)15(25)17-7-8-22-16(26)23(21-20-22)12-6-3-9-27-12/h1-6,9H,7-8H2,(H,17,25)(H,19,24). The second-order valence-corrected chi connectivity index (χ2v) is 6.48. The third kappa shape index (κ3) is 3.15. The molecule has 0 aliphatic carbocycles. The molecule has 3 heterocycles. The highest BCUT2D eigenvalue weighted by atomic mass is 32.1. The van der Waals surface area contributed by atoms with Crippen LogP contribution in [0.3, 0.4) is 0 Å². The van der Waals surface area contributed by atoms with Crippen LogP contribution in [0.2, 0.25) is 0 Å². The second-order valence-electron chi connectivity index (χ2n) is 5.55. The van der Waals surface area contributed by atoms with E-state index >= 15 is 0 Å². The van der Waals surface area contributed by atoms with Crippen molar-refractivity contribution in [1.29, 1.82) is 0 Å². The summed E-state index contributed by atoms with van der Waals surface area (Å²) in [6.07, 6.45) is 0. The van der Waals surface area contributed by atoms with Crippen LogP contribution in [0.4, 0.5) is 0 Å². The van der Waals surface area contributed by atoms with Crippen molar-refractivity contribution < 1.29 is 4.79 Å². The largest absolute Gasteiger partial charge is 0.369 e. The Hall–Kier alpha value is -3.60. The van der Waals surface area contributed by atoms with Gasteiger partial charge in [-0.15, -0.1) is 11.3 Å². The van der Waals surface area contributed by atoms with Gasteiger partial charge in [0.15, 0.2) is 5.69 Å². The minimum absolute atomic E-state index is 0.111. The first-order chi connectivity index (χ1) is 13.1. The molecule has 11 heteroatoms. The summed E-state index contributed by atoms with van der Waals surface area (Å²) in [7, 11) is 0. The average Bonchev–Trinajstić information content (AvgIpc) is 3.32. The zero-order valence-corrected chi connectivity index (χ0v) is 14.6. The minimum Gasteiger partial charge on any atom is -0.349 e. The highest BCUT2D eigenvalue weighted by Gasteiger charge is 2.14. The Kier molecular flexibility index (Phi) is 4.34. The molecule has 3 aromatic heterocycles. The molecule has 1 amide bonds. The Morgan fingerprint density at radius 2 is 1.93 bits per heavy atom. The quantitative estimate of drug-likeness (QED) is 0.505. The molecule has 4 rings (SSSR count). The molecule has 0 radical (unpaired) electrons. The Morgan fingerprint density at radius 3 is 2.70 bits per heavy atom. The molecule has 0 aliphatic rings. The molecule has 0 unspecified atom stereocenters. The van der Waals surface area contributed by atoms with E-state index in [9.17, 15) is 14.4 Å². The molecule has 136 valence electrons. The maximum absolute atomic E-state index is 12.4. The summed E-state index contributed by atoms with van der Waals surface area (Å²) >= 11 is 1.37. The van der Waals surface area contributed by atoms with Crippen molar-refractivity contribution in [2.75, 3.05) is 6.54 Å². The molecule has 0 atom stereocenters. The number of fused-ring (bicyclic) bond motifs is 1. The topological polar surface area (TPSA) is 128 Å². The summed E-state index contributed by atoms with van der Waals surface area (Å²) in [5.74, 6) is -0.457. The molecule has 0 saturated heterocycles. The van der Waals surface area contributed by atoms with Crippen molar-refractivity contribution in [3.05, 3.63) is 68.3 Å². The fourth-order valence-electron chi connectivity index (χ4n) is 2.59. The summed E-state index contributed by atoms with van der Waals surface area (Å²) in [6.45, 7) is 0.300. The van der Waals surface area contributed by atoms with Gasteiger partial charge in [-0.05, 0) is 34.0 Å². The van der Waals surface area contributed by atoms with E-state index in [-0.39, 0.29) is 30.0 Å². The van der Waals surface area contributed by atoms with Crippen molar-refractivity contribution >= 4 is 28.0 Å². The number of rotatable bonds is 5. The number of thiophene rings is 1. The Bertz CT molecular complexity index is 1220. The van der Waals surface area contributed by atoms with Gasteiger partial charge < -0.3 is 5.32 Å². The molecular formula is C16H13N7O3S. The van der Waals surface area contributed by atoms with E-state index in [0.717, 1.165) is 0 Å². The van der Waals surface area contributed by atoms with Crippen LogP contribution in [0.25, 0.3) is 15.8 Å². The van der Waals surface area contributed by atoms with Crippen molar-refractivity contribution in [3.8, 4) is 5.00 Å². The first kappa shape index (κ1) is 16.8. The van der Waals surface area contributed by atoms with Crippen LogP contribution in [0.15, 0.2) is 51.4 Å². The number of amides is 1. The van der Waals surface area contributed by atoms with Crippen molar-refractivity contribution in [3.63, 3.8) is 0 Å². The fraction of sp³-hybridized carbons (Fsp3) is 0.125. The number of benzene rings is 1. The molecule has 27 heavy (non-hydrogen) atoms. The number of nitrogens with one attached hydrogen (secondary N) is 2. The van der Waals surface area contributed by atoms with Gasteiger partial charge in [-0.3, -0.25) is 9.59 Å². The number of hydrogen-bond acceptors (Lipinski definition) is 7. The van der Waals surface area contributed by atoms with Crippen LogP contribution in [0.5, 0.6) is 0 Å². The first-order valence-corrected chi connectivity index (χ1v) is 8.85. The van der Waals surface area contributed by atoms with Crippen molar-refractivity contribution in [1.82, 2.24) is 35.3 Å². The number of carbonyl (C=O) groups excluding carboxylic acids is 1. The summed E-state index contributed by atoms with van der Waals surface area (Å²) in [5, 5.41) is 19.8. The summed E-state index contributed by atoms with van der Waals surface area (Å²) in [4.78, 5) is 36.5. The summed E-state index contributed by atoms with van der Waals surface area (Å²) in [5.41, 5.74) is -0.641. The normalized spacial score (nSPS) is 11.0. The monoisotopic (exact) mass is 383 g/mol. The van der Waals surface area contributed by atoms with Crippen LogP contribution < -0.4 is 16.6 Å². The Labute approximate surface area is 155 Å². The lowest BCUT2D eigenvalue weighted by Gasteiger charge is -2.06. The zero-order valence-electron chi connectivity index (χ0n) is 13.8. The number of tetrazole rings is 1. The Morgan fingerprint density at radius 1 is 1.11 bits per heavy atom. The summed E-state index contributed by atoms with van der Waals surface area (Å²) < 4.78 is 2.36. The summed E-state index contributed by atoms with van der Waals surface area (Å²) in [6, 6.07) is 10.3. The SMILES string of the molecule is O=C(NCCn1nnn(-c2cccs2)c1=O)c1n[nH]c(=O)c2ccccc12. The fourth-order valence-corrected chi connectivity index (χ4v) is 3.26. The molecule has 4 aromatic rings. The van der Waals surface area contributed by atoms with E-state index in [1.165, 1.54) is 20.7 Å². The predicted molar refractivity (Wildman–Crippen MR) is 98.2 cm³/mol. The lowest BCUT2D eigenvalue weighted by Crippen LogP contribution is -2.33. The molecule has 2 N–H and O–H groups in total. The second kappa shape index (κ2) is 6.96. The zero-order chi connectivity index (χ0) is 18.8. The van der Waals surface area contributed by atoms with E-state index in [4.69, 9.17) is 0 Å². The maximum Gasteiger partial charge on any atom is 0.369 e. The van der Waals surface area contributed by atoms with Gasteiger partial charge in [0.2, 0.25) is 0 Å². The van der Waals surface area contributed by atoms with E-state index in [1.54, 1.807) is 30.3 Å². The smallest absolute Gasteiger partial charge is 0.349 e. The molecule has 0 saturated carbocycles. The number of H-pyrrole nitrogens is 1. The third-order valence-corrected chi connectivity index (χ3v) is 4.72. The Balaban J connectivity index is 1.48. The molecule has 0 aliphatic heterocycles. The van der Waals surface area contributed by atoms with Gasteiger partial charge in [0, 0.05) is 11.9 Å². The highest BCUT2D eigenvalue weighted by molar-refractivity contribution is 7.12. The van der Waals surface area contributed by atoms with Crippen LogP contribution in [-0.4, -0.2) is 42.4 Å². The number of aromatic amines is 1. The van der Waals surface area contributed by atoms with E-state index in [1.807, 2.05) is 11.4 Å². The molecule has 0 bridgehead atoms. The third-order valence-electron chi connectivity index (χ3n) is 3.87. The van der Waals surface area contributed by atoms with Gasteiger partial charge in [-0.25, -0.2) is 9.89 Å². The number of carbonyl (C=O) groups is 1. The highest BCUT2D eigenvalue weighted by Crippen LogP contribution is 2.12. The van der Waals surface area contributed by atoms with Gasteiger partial charge in [-0.2, -0.15) is 14.5 Å². The van der Waals surface area contributed by atoms with Crippen LogP contribution >= 0.6 is 11.3 Å². The lowest BCUT2D eigenvalue weighted by molar-refractivity contribution is 0.0947. The van der Waals surface area contributed by atoms with Gasteiger partial charge in [0.1, 0.15) is 5.00 Å². The van der Waals surface area contributed by atoms with Crippen molar-refractivity contribution in [2.24, 2.45) is 0 Å². The van der Waals surface area contributed by atoms with E-state index in [0.29, 0.717) is 15.8 Å². The lowest BCUT2D eigenvalue weighted by atomic mass is 10.1. The van der Waals surface area contributed by atoms with E-state index < -0.39 is 5.91 Å². The van der Waals surface area contributed by atoms with Crippen LogP contribution in [0.1, 0.15) is 10.5 Å². The number of hydrogen-bond donors (Lipinski definition) is 2. The first-order valence-electron chi connectivity index (χ1n) is 7.97. The number of aromatic nitrogens is 6. The van der Waals surface area contributed by atoms with Gasteiger partial charge in [-0.1, -0.05) is 18.2 Å². The minimum atomic E-state index is -0.457. The van der Waals surface area contributed by atoms with Gasteiger partial charge in [0.05, 0.1) is 11.9 Å². The molecule has 1 aromatic carbocycles. The van der Waals surface area contributed by atoms with Crippen LogP contribution in [-0.2, 0) is 6.54 Å². The van der Waals surface area contributed by atoms with Gasteiger partial charge in [0.25, 0.3) is 11.5 Å². The molecule has 0 fully saturated rings. The molecule has 0 spiro atoms. The molecule has 10 nitrogen and oxygen atoms in total. The average molecular weight is 383 g/mol. The predicted octanol–water partition coefficient (Wildman–Crippen LogP) is 0.157. The van der Waals surface area contributed by atoms with Crippen LogP contribution in [0, 0.1) is 0 Å².